The van der Waals surface area contributed by atoms with Gasteiger partial charge in [0.15, 0.2) is 0 Å². The Morgan fingerprint density at radius 1 is 1.47 bits per heavy atom. The van der Waals surface area contributed by atoms with Crippen LogP contribution in [0.1, 0.15) is 31.9 Å². The summed E-state index contributed by atoms with van der Waals surface area (Å²) in [5.74, 6) is 0.580. The number of carbonyl (C=O) groups is 1. The highest BCUT2D eigenvalue weighted by Gasteiger charge is 2.37. The van der Waals surface area contributed by atoms with Crippen LogP contribution in [0.4, 0.5) is 0 Å². The van der Waals surface area contributed by atoms with Gasteiger partial charge in [-0.2, -0.15) is 11.3 Å². The van der Waals surface area contributed by atoms with Crippen LogP contribution < -0.4 is 5.32 Å². The van der Waals surface area contributed by atoms with Crippen molar-refractivity contribution in [1.29, 1.82) is 0 Å². The molecule has 1 aromatic heterocycles. The molecule has 0 radical (unpaired) electrons. The van der Waals surface area contributed by atoms with Crippen molar-refractivity contribution in [3.63, 3.8) is 0 Å². The van der Waals surface area contributed by atoms with Crippen LogP contribution in [0.2, 0.25) is 0 Å². The Morgan fingerprint density at radius 3 is 2.65 bits per heavy atom. The minimum atomic E-state index is -0.0241. The average molecular weight is 252 g/mol. The Hall–Kier alpha value is -0.870. The monoisotopic (exact) mass is 252 g/mol. The lowest BCUT2D eigenvalue weighted by Crippen LogP contribution is -2.34. The summed E-state index contributed by atoms with van der Waals surface area (Å²) in [6.07, 6.45) is 0.134. The molecule has 2 heterocycles. The van der Waals surface area contributed by atoms with Gasteiger partial charge in [0.25, 0.3) is 0 Å². The van der Waals surface area contributed by atoms with Crippen LogP contribution in [0.25, 0.3) is 0 Å². The van der Waals surface area contributed by atoms with Crippen LogP contribution in [0.3, 0.4) is 0 Å². The first-order valence-corrected chi connectivity index (χ1v) is 7.03. The third kappa shape index (κ3) is 2.38. The molecule has 1 aliphatic rings. The molecule has 17 heavy (non-hydrogen) atoms. The molecule has 3 nitrogen and oxygen atoms in total. The van der Waals surface area contributed by atoms with E-state index in [9.17, 15) is 4.79 Å². The minimum Gasteiger partial charge on any atom is -0.322 e. The summed E-state index contributed by atoms with van der Waals surface area (Å²) in [6.45, 7) is 9.06. The number of carbonyl (C=O) groups excluding carboxylic acids is 1. The first-order valence-electron chi connectivity index (χ1n) is 6.09. The van der Waals surface area contributed by atoms with Gasteiger partial charge in [-0.25, -0.2) is 0 Å². The number of nitrogens with zero attached hydrogens (tertiary/aromatic N) is 1. The van der Waals surface area contributed by atoms with E-state index in [4.69, 9.17) is 0 Å². The van der Waals surface area contributed by atoms with Crippen molar-refractivity contribution in [2.75, 3.05) is 0 Å². The summed E-state index contributed by atoms with van der Waals surface area (Å²) >= 11 is 1.70. The van der Waals surface area contributed by atoms with Gasteiger partial charge in [0, 0.05) is 6.54 Å². The van der Waals surface area contributed by atoms with Gasteiger partial charge in [0.2, 0.25) is 5.91 Å². The third-order valence-electron chi connectivity index (χ3n) is 3.41. The number of hydrogen-bond acceptors (Lipinski definition) is 3. The molecule has 4 heteroatoms. The molecule has 1 N–H and O–H groups in total. The smallest absolute Gasteiger partial charge is 0.241 e. The van der Waals surface area contributed by atoms with Crippen molar-refractivity contribution < 1.29 is 4.79 Å². The Morgan fingerprint density at radius 2 is 2.18 bits per heavy atom. The van der Waals surface area contributed by atoms with Crippen molar-refractivity contribution >= 4 is 17.2 Å². The van der Waals surface area contributed by atoms with E-state index in [1.807, 2.05) is 4.90 Å². The van der Waals surface area contributed by atoms with Gasteiger partial charge < -0.3 is 4.90 Å². The summed E-state index contributed by atoms with van der Waals surface area (Å²) in [7, 11) is 0. The van der Waals surface area contributed by atoms with Gasteiger partial charge in [0.05, 0.1) is 12.2 Å². The van der Waals surface area contributed by atoms with Gasteiger partial charge in [-0.3, -0.25) is 10.1 Å². The van der Waals surface area contributed by atoms with E-state index in [1.165, 1.54) is 11.1 Å². The van der Waals surface area contributed by atoms with E-state index < -0.39 is 0 Å². The molecule has 94 valence electrons. The molecule has 2 atom stereocenters. The van der Waals surface area contributed by atoms with Crippen LogP contribution in [0, 0.1) is 12.8 Å². The van der Waals surface area contributed by atoms with Gasteiger partial charge in [0.1, 0.15) is 0 Å². The zero-order valence-electron chi connectivity index (χ0n) is 10.9. The van der Waals surface area contributed by atoms with Crippen molar-refractivity contribution in [3.05, 3.63) is 21.9 Å². The van der Waals surface area contributed by atoms with E-state index in [0.717, 1.165) is 6.54 Å². The molecule has 0 aliphatic carbocycles. The number of nitrogens with one attached hydrogen (secondary N) is 1. The van der Waals surface area contributed by atoms with Gasteiger partial charge in [-0.05, 0) is 41.7 Å². The Balaban J connectivity index is 2.12. The number of aryl methyl sites for hydroxylation is 1. The first-order chi connectivity index (χ1) is 8.00. The van der Waals surface area contributed by atoms with Crippen LogP contribution in [0.5, 0.6) is 0 Å². The quantitative estimate of drug-likeness (QED) is 0.895. The fourth-order valence-corrected chi connectivity index (χ4v) is 3.06. The molecule has 1 aromatic rings. The number of amides is 1. The molecule has 0 bridgehead atoms. The SMILES string of the molecule is Cc1cscc1CN1C(=O)C(C(C)C)NC1C. The van der Waals surface area contributed by atoms with E-state index in [2.05, 4.69) is 43.8 Å². The first kappa shape index (κ1) is 12.6. The van der Waals surface area contributed by atoms with Crippen LogP contribution in [-0.2, 0) is 11.3 Å². The lowest BCUT2D eigenvalue weighted by atomic mass is 10.0. The predicted octanol–water partition coefficient (Wildman–Crippen LogP) is 2.36. The van der Waals surface area contributed by atoms with Gasteiger partial charge in [-0.15, -0.1) is 0 Å². The van der Waals surface area contributed by atoms with Crippen LogP contribution in [-0.4, -0.2) is 23.0 Å². The topological polar surface area (TPSA) is 32.3 Å². The maximum atomic E-state index is 12.3. The summed E-state index contributed by atoms with van der Waals surface area (Å²) in [6, 6.07) is -0.0241. The average Bonchev–Trinajstić information content (AvgIpc) is 2.77. The van der Waals surface area contributed by atoms with Crippen molar-refractivity contribution in [2.24, 2.45) is 5.92 Å². The predicted molar refractivity (Wildman–Crippen MR) is 70.8 cm³/mol. The Kier molecular flexibility index (Phi) is 3.54. The molecule has 1 aliphatic heterocycles. The van der Waals surface area contributed by atoms with Crippen molar-refractivity contribution in [3.8, 4) is 0 Å². The molecule has 2 rings (SSSR count). The molecule has 1 fully saturated rings. The van der Waals surface area contributed by atoms with E-state index >= 15 is 0 Å². The number of thiophene rings is 1. The summed E-state index contributed by atoms with van der Waals surface area (Å²) in [4.78, 5) is 14.2. The fourth-order valence-electron chi connectivity index (χ4n) is 2.22. The molecule has 0 saturated carbocycles. The second-order valence-corrected chi connectivity index (χ2v) is 5.85. The summed E-state index contributed by atoms with van der Waals surface area (Å²) in [5, 5.41) is 7.63. The third-order valence-corrected chi connectivity index (χ3v) is 4.32. The Bertz CT molecular complexity index is 413. The standard InChI is InChI=1S/C13H20N2OS/c1-8(2)12-13(16)15(10(4)14-12)5-11-7-17-6-9(11)3/h6-8,10,12,14H,5H2,1-4H3. The maximum Gasteiger partial charge on any atom is 0.241 e. The highest BCUT2D eigenvalue weighted by molar-refractivity contribution is 7.08. The molecular weight excluding hydrogens is 232 g/mol. The molecule has 2 unspecified atom stereocenters. The second kappa shape index (κ2) is 4.78. The summed E-state index contributed by atoms with van der Waals surface area (Å²) in [5.41, 5.74) is 2.55. The normalized spacial score (nSPS) is 25.0. The van der Waals surface area contributed by atoms with E-state index in [-0.39, 0.29) is 18.1 Å². The lowest BCUT2D eigenvalue weighted by molar-refractivity contribution is -0.131. The summed E-state index contributed by atoms with van der Waals surface area (Å²) < 4.78 is 0. The number of hydrogen-bond donors (Lipinski definition) is 1. The molecule has 1 amide bonds. The number of rotatable bonds is 3. The van der Waals surface area contributed by atoms with Crippen molar-refractivity contribution in [1.82, 2.24) is 10.2 Å². The van der Waals surface area contributed by atoms with Crippen LogP contribution in [0.15, 0.2) is 10.8 Å². The van der Waals surface area contributed by atoms with E-state index in [0.29, 0.717) is 5.92 Å². The molecule has 1 saturated heterocycles. The van der Waals surface area contributed by atoms with E-state index in [1.54, 1.807) is 11.3 Å². The van der Waals surface area contributed by atoms with Crippen molar-refractivity contribution in [2.45, 2.75) is 46.4 Å². The maximum absolute atomic E-state index is 12.3. The van der Waals surface area contributed by atoms with Gasteiger partial charge in [-0.1, -0.05) is 13.8 Å². The zero-order valence-corrected chi connectivity index (χ0v) is 11.7. The second-order valence-electron chi connectivity index (χ2n) is 5.11. The van der Waals surface area contributed by atoms with Crippen LogP contribution >= 0.6 is 11.3 Å². The molecule has 0 spiro atoms. The lowest BCUT2D eigenvalue weighted by Gasteiger charge is -2.20. The zero-order chi connectivity index (χ0) is 12.6. The highest BCUT2D eigenvalue weighted by atomic mass is 32.1. The largest absolute Gasteiger partial charge is 0.322 e. The molecular formula is C13H20N2OS. The highest BCUT2D eigenvalue weighted by Crippen LogP contribution is 2.22. The fraction of sp³-hybridized carbons (Fsp3) is 0.615. The Labute approximate surface area is 107 Å². The minimum absolute atomic E-state index is 0.0241. The molecule has 0 aromatic carbocycles. The van der Waals surface area contributed by atoms with Gasteiger partial charge >= 0.3 is 0 Å².